The van der Waals surface area contributed by atoms with Crippen LogP contribution in [0, 0.1) is 10.1 Å². The van der Waals surface area contributed by atoms with Crippen LogP contribution in [-0.2, 0) is 11.2 Å². The molecule has 3 rings (SSSR count). The fraction of sp³-hybridized carbons (Fsp3) is 0.235. The highest BCUT2D eigenvalue weighted by atomic mass is 32.2. The van der Waals surface area contributed by atoms with E-state index in [2.05, 4.69) is 0 Å². The highest BCUT2D eigenvalue weighted by molar-refractivity contribution is 8.00. The van der Waals surface area contributed by atoms with Crippen molar-refractivity contribution in [1.82, 2.24) is 0 Å². The van der Waals surface area contributed by atoms with Crippen LogP contribution < -0.4 is 9.64 Å². The zero-order chi connectivity index (χ0) is 17.1. The predicted molar refractivity (Wildman–Crippen MR) is 92.9 cm³/mol. The molecule has 124 valence electrons. The fourth-order valence-corrected chi connectivity index (χ4v) is 3.41. The Balaban J connectivity index is 1.68. The van der Waals surface area contributed by atoms with Gasteiger partial charge in [-0.05, 0) is 36.2 Å². The average molecular weight is 344 g/mol. The van der Waals surface area contributed by atoms with E-state index in [1.807, 2.05) is 24.3 Å². The van der Waals surface area contributed by atoms with Gasteiger partial charge in [-0.2, -0.15) is 0 Å². The van der Waals surface area contributed by atoms with Crippen LogP contribution in [0.1, 0.15) is 5.56 Å². The molecule has 1 aliphatic heterocycles. The number of anilines is 1. The monoisotopic (exact) mass is 344 g/mol. The van der Waals surface area contributed by atoms with Gasteiger partial charge in [-0.1, -0.05) is 6.07 Å². The number of carbonyl (C=O) groups excluding carboxylic acids is 1. The lowest BCUT2D eigenvalue weighted by Crippen LogP contribution is -2.30. The van der Waals surface area contributed by atoms with E-state index < -0.39 is 4.92 Å². The highest BCUT2D eigenvalue weighted by Crippen LogP contribution is 2.32. The van der Waals surface area contributed by atoms with Crippen molar-refractivity contribution in [3.8, 4) is 5.75 Å². The SMILES string of the molecule is COc1ccc(SCC(=O)N2CCc3ccc([N+](=O)[O-])cc32)cc1. The second-order valence-corrected chi connectivity index (χ2v) is 6.38. The van der Waals surface area contributed by atoms with E-state index in [9.17, 15) is 14.9 Å². The predicted octanol–water partition coefficient (Wildman–Crippen LogP) is 3.28. The van der Waals surface area contributed by atoms with E-state index >= 15 is 0 Å². The van der Waals surface area contributed by atoms with Crippen LogP contribution in [0.25, 0.3) is 0 Å². The largest absolute Gasteiger partial charge is 0.497 e. The van der Waals surface area contributed by atoms with E-state index in [0.717, 1.165) is 22.6 Å². The van der Waals surface area contributed by atoms with Gasteiger partial charge >= 0.3 is 0 Å². The van der Waals surface area contributed by atoms with Crippen LogP contribution in [0.15, 0.2) is 47.4 Å². The molecular weight excluding hydrogens is 328 g/mol. The number of non-ortho nitro benzene ring substituents is 1. The minimum Gasteiger partial charge on any atom is -0.497 e. The molecule has 7 heteroatoms. The van der Waals surface area contributed by atoms with Gasteiger partial charge in [0.15, 0.2) is 0 Å². The number of nitro groups is 1. The summed E-state index contributed by atoms with van der Waals surface area (Å²) in [5, 5.41) is 10.9. The van der Waals surface area contributed by atoms with Crippen molar-refractivity contribution in [2.75, 3.05) is 24.3 Å². The molecule has 1 amide bonds. The molecule has 2 aromatic carbocycles. The molecule has 2 aromatic rings. The molecule has 0 spiro atoms. The number of amides is 1. The van der Waals surface area contributed by atoms with E-state index in [4.69, 9.17) is 4.74 Å². The second-order valence-electron chi connectivity index (χ2n) is 5.33. The van der Waals surface area contributed by atoms with Crippen LogP contribution in [0.4, 0.5) is 11.4 Å². The van der Waals surface area contributed by atoms with E-state index in [1.165, 1.54) is 23.9 Å². The van der Waals surface area contributed by atoms with Gasteiger partial charge in [-0.25, -0.2) is 0 Å². The quantitative estimate of drug-likeness (QED) is 0.473. The Labute approximate surface area is 143 Å². The molecule has 0 saturated carbocycles. The zero-order valence-electron chi connectivity index (χ0n) is 13.1. The minimum atomic E-state index is -0.437. The summed E-state index contributed by atoms with van der Waals surface area (Å²) in [5.41, 5.74) is 1.64. The molecular formula is C17H16N2O4S. The number of hydrogen-bond acceptors (Lipinski definition) is 5. The molecule has 0 unspecified atom stereocenters. The average Bonchev–Trinajstić information content (AvgIpc) is 3.03. The first-order valence-electron chi connectivity index (χ1n) is 7.43. The van der Waals surface area contributed by atoms with Crippen LogP contribution >= 0.6 is 11.8 Å². The summed E-state index contributed by atoms with van der Waals surface area (Å²) >= 11 is 1.44. The topological polar surface area (TPSA) is 72.7 Å². The van der Waals surface area contributed by atoms with E-state index in [1.54, 1.807) is 18.1 Å². The maximum Gasteiger partial charge on any atom is 0.271 e. The van der Waals surface area contributed by atoms with Crippen molar-refractivity contribution < 1.29 is 14.5 Å². The van der Waals surface area contributed by atoms with Gasteiger partial charge in [-0.15, -0.1) is 11.8 Å². The molecule has 0 aliphatic carbocycles. The Morgan fingerprint density at radius 1 is 1.29 bits per heavy atom. The normalized spacial score (nSPS) is 12.8. The van der Waals surface area contributed by atoms with Gasteiger partial charge in [0.1, 0.15) is 5.75 Å². The number of nitro benzene ring substituents is 1. The van der Waals surface area contributed by atoms with Crippen molar-refractivity contribution in [3.05, 3.63) is 58.1 Å². The Morgan fingerprint density at radius 3 is 2.71 bits per heavy atom. The highest BCUT2D eigenvalue weighted by Gasteiger charge is 2.26. The Morgan fingerprint density at radius 2 is 2.04 bits per heavy atom. The van der Waals surface area contributed by atoms with Gasteiger partial charge in [0, 0.05) is 23.6 Å². The van der Waals surface area contributed by atoms with Gasteiger partial charge in [-0.3, -0.25) is 14.9 Å². The van der Waals surface area contributed by atoms with Crippen LogP contribution in [-0.4, -0.2) is 30.2 Å². The second kappa shape index (κ2) is 6.92. The smallest absolute Gasteiger partial charge is 0.271 e. The maximum absolute atomic E-state index is 12.5. The van der Waals surface area contributed by atoms with Gasteiger partial charge in [0.2, 0.25) is 5.91 Å². The summed E-state index contributed by atoms with van der Waals surface area (Å²) in [6, 6.07) is 12.2. The fourth-order valence-electron chi connectivity index (χ4n) is 2.64. The van der Waals surface area contributed by atoms with E-state index in [-0.39, 0.29) is 17.3 Å². The summed E-state index contributed by atoms with van der Waals surface area (Å²) in [5.74, 6) is 1.01. The number of benzene rings is 2. The minimum absolute atomic E-state index is 0.0104. The lowest BCUT2D eigenvalue weighted by molar-refractivity contribution is -0.384. The summed E-state index contributed by atoms with van der Waals surface area (Å²) in [6.07, 6.45) is 0.728. The van der Waals surface area contributed by atoms with Crippen LogP contribution in [0.5, 0.6) is 5.75 Å². The third-order valence-corrected chi connectivity index (χ3v) is 4.89. The standard InChI is InChI=1S/C17H16N2O4S/c1-23-14-4-6-15(7-5-14)24-11-17(20)18-9-8-12-2-3-13(19(21)22)10-16(12)18/h2-7,10H,8-9,11H2,1H3. The van der Waals surface area contributed by atoms with Crippen LogP contribution in [0.2, 0.25) is 0 Å². The summed E-state index contributed by atoms with van der Waals surface area (Å²) in [6.45, 7) is 0.568. The van der Waals surface area contributed by atoms with Crippen molar-refractivity contribution >= 4 is 29.0 Å². The Kier molecular flexibility index (Phi) is 4.71. The summed E-state index contributed by atoms with van der Waals surface area (Å²) < 4.78 is 5.11. The van der Waals surface area contributed by atoms with Crippen molar-refractivity contribution in [2.24, 2.45) is 0 Å². The Hall–Kier alpha value is -2.54. The number of fused-ring (bicyclic) bond motifs is 1. The molecule has 0 N–H and O–H groups in total. The number of nitrogens with zero attached hydrogens (tertiary/aromatic N) is 2. The number of thioether (sulfide) groups is 1. The van der Waals surface area contributed by atoms with Gasteiger partial charge in [0.25, 0.3) is 5.69 Å². The lowest BCUT2D eigenvalue weighted by Gasteiger charge is -2.17. The molecule has 1 heterocycles. The van der Waals surface area contributed by atoms with Crippen LogP contribution in [0.3, 0.4) is 0 Å². The molecule has 0 aromatic heterocycles. The molecule has 1 aliphatic rings. The number of methoxy groups -OCH3 is 1. The van der Waals surface area contributed by atoms with E-state index in [0.29, 0.717) is 12.2 Å². The van der Waals surface area contributed by atoms with Crippen molar-refractivity contribution in [3.63, 3.8) is 0 Å². The molecule has 0 fully saturated rings. The number of carbonyl (C=O) groups is 1. The zero-order valence-corrected chi connectivity index (χ0v) is 13.9. The van der Waals surface area contributed by atoms with Crippen molar-refractivity contribution in [1.29, 1.82) is 0 Å². The number of ether oxygens (including phenoxy) is 1. The number of rotatable bonds is 5. The first-order chi connectivity index (χ1) is 11.6. The van der Waals surface area contributed by atoms with Gasteiger partial charge < -0.3 is 9.64 Å². The third kappa shape index (κ3) is 3.35. The summed E-state index contributed by atoms with van der Waals surface area (Å²) in [7, 11) is 1.61. The molecule has 0 saturated heterocycles. The first kappa shape index (κ1) is 16.3. The molecule has 0 bridgehead atoms. The molecule has 24 heavy (non-hydrogen) atoms. The molecule has 0 atom stereocenters. The lowest BCUT2D eigenvalue weighted by atomic mass is 10.1. The first-order valence-corrected chi connectivity index (χ1v) is 8.41. The van der Waals surface area contributed by atoms with Crippen molar-refractivity contribution in [2.45, 2.75) is 11.3 Å². The molecule has 6 nitrogen and oxygen atoms in total. The summed E-state index contributed by atoms with van der Waals surface area (Å²) in [4.78, 5) is 25.6. The molecule has 0 radical (unpaired) electrons. The third-order valence-electron chi connectivity index (χ3n) is 3.90. The maximum atomic E-state index is 12.5. The Bertz CT molecular complexity index is 777. The van der Waals surface area contributed by atoms with Gasteiger partial charge in [0.05, 0.1) is 23.5 Å². The number of hydrogen-bond donors (Lipinski definition) is 0.